The molecule has 2 aliphatic rings. The minimum Gasteiger partial charge on any atom is -0.335 e. The SMILES string of the molecule is Cc1ccc(C2CCCN2C(=O)[C@H]2CNC[C@@H]2c2cnn(C)c2)cc1.Cl. The second-order valence-electron chi connectivity index (χ2n) is 7.42. The molecule has 6 heteroatoms. The number of aromatic nitrogens is 2. The molecule has 2 aromatic rings. The van der Waals surface area contributed by atoms with Gasteiger partial charge in [0.05, 0.1) is 18.2 Å². The molecule has 140 valence electrons. The number of amides is 1. The van der Waals surface area contributed by atoms with Gasteiger partial charge in [-0.05, 0) is 30.9 Å². The highest BCUT2D eigenvalue weighted by atomic mass is 35.5. The van der Waals surface area contributed by atoms with Gasteiger partial charge in [0.1, 0.15) is 0 Å². The molecule has 0 bridgehead atoms. The van der Waals surface area contributed by atoms with Crippen molar-refractivity contribution in [3.05, 3.63) is 53.3 Å². The summed E-state index contributed by atoms with van der Waals surface area (Å²) in [6.07, 6.45) is 6.09. The molecule has 1 unspecified atom stereocenters. The van der Waals surface area contributed by atoms with Crippen molar-refractivity contribution < 1.29 is 4.79 Å². The van der Waals surface area contributed by atoms with Gasteiger partial charge in [0, 0.05) is 38.8 Å². The van der Waals surface area contributed by atoms with Crippen molar-refractivity contribution in [2.45, 2.75) is 31.7 Å². The maximum atomic E-state index is 13.3. The summed E-state index contributed by atoms with van der Waals surface area (Å²) in [5.41, 5.74) is 3.69. The molecule has 3 atom stereocenters. The molecule has 0 saturated carbocycles. The predicted octanol–water partition coefficient (Wildman–Crippen LogP) is 2.82. The number of carbonyl (C=O) groups is 1. The number of halogens is 1. The van der Waals surface area contributed by atoms with E-state index < -0.39 is 0 Å². The first kappa shape index (κ1) is 18.9. The molecular weight excluding hydrogens is 348 g/mol. The van der Waals surface area contributed by atoms with E-state index in [1.165, 1.54) is 11.1 Å². The van der Waals surface area contributed by atoms with Crippen molar-refractivity contribution in [3.63, 3.8) is 0 Å². The van der Waals surface area contributed by atoms with Crippen LogP contribution in [0.3, 0.4) is 0 Å². The number of nitrogens with zero attached hydrogens (tertiary/aromatic N) is 3. The molecule has 2 fully saturated rings. The molecule has 0 aliphatic carbocycles. The number of benzene rings is 1. The smallest absolute Gasteiger partial charge is 0.228 e. The molecule has 3 heterocycles. The Labute approximate surface area is 161 Å². The van der Waals surface area contributed by atoms with Crippen LogP contribution in [0, 0.1) is 12.8 Å². The van der Waals surface area contributed by atoms with Crippen molar-refractivity contribution in [2.75, 3.05) is 19.6 Å². The highest BCUT2D eigenvalue weighted by molar-refractivity contribution is 5.85. The van der Waals surface area contributed by atoms with Crippen molar-refractivity contribution in [2.24, 2.45) is 13.0 Å². The van der Waals surface area contributed by atoms with E-state index in [4.69, 9.17) is 0 Å². The van der Waals surface area contributed by atoms with E-state index in [9.17, 15) is 4.79 Å². The van der Waals surface area contributed by atoms with E-state index in [1.54, 1.807) is 0 Å². The highest BCUT2D eigenvalue weighted by Crippen LogP contribution is 2.37. The van der Waals surface area contributed by atoms with Crippen molar-refractivity contribution >= 4 is 18.3 Å². The van der Waals surface area contributed by atoms with E-state index in [1.807, 2.05) is 24.1 Å². The Morgan fingerprint density at radius 2 is 1.96 bits per heavy atom. The van der Waals surface area contributed by atoms with Crippen molar-refractivity contribution in [1.29, 1.82) is 0 Å². The third-order valence-electron chi connectivity index (χ3n) is 5.68. The minimum atomic E-state index is 0. The summed E-state index contributed by atoms with van der Waals surface area (Å²) in [6.45, 7) is 4.58. The average molecular weight is 375 g/mol. The molecule has 4 rings (SSSR count). The van der Waals surface area contributed by atoms with Crippen molar-refractivity contribution in [3.8, 4) is 0 Å². The van der Waals surface area contributed by atoms with Gasteiger partial charge >= 0.3 is 0 Å². The molecule has 5 nitrogen and oxygen atoms in total. The fraction of sp³-hybridized carbons (Fsp3) is 0.500. The predicted molar refractivity (Wildman–Crippen MR) is 104 cm³/mol. The monoisotopic (exact) mass is 374 g/mol. The lowest BCUT2D eigenvalue weighted by Crippen LogP contribution is -2.38. The van der Waals surface area contributed by atoms with Crippen LogP contribution in [0.25, 0.3) is 0 Å². The Kier molecular flexibility index (Phi) is 5.68. The molecule has 2 saturated heterocycles. The van der Waals surface area contributed by atoms with Gasteiger partial charge in [0.2, 0.25) is 5.91 Å². The van der Waals surface area contributed by atoms with E-state index in [0.717, 1.165) is 38.0 Å². The van der Waals surface area contributed by atoms with Crippen LogP contribution in [-0.4, -0.2) is 40.2 Å². The Balaban J connectivity index is 0.00000196. The second-order valence-corrected chi connectivity index (χ2v) is 7.42. The van der Waals surface area contributed by atoms with Gasteiger partial charge in [-0.15, -0.1) is 12.4 Å². The molecule has 1 amide bonds. The average Bonchev–Trinajstić information content (AvgIpc) is 3.34. The number of nitrogens with one attached hydrogen (secondary N) is 1. The van der Waals surface area contributed by atoms with Crippen molar-refractivity contribution in [1.82, 2.24) is 20.0 Å². The number of likely N-dealkylation sites (tertiary alicyclic amines) is 1. The number of hydrogen-bond acceptors (Lipinski definition) is 3. The van der Waals surface area contributed by atoms with E-state index >= 15 is 0 Å². The third kappa shape index (κ3) is 3.51. The first-order chi connectivity index (χ1) is 12.1. The number of aryl methyl sites for hydroxylation is 2. The molecule has 1 aromatic carbocycles. The summed E-state index contributed by atoms with van der Waals surface area (Å²) in [4.78, 5) is 15.5. The van der Waals surface area contributed by atoms with Crippen LogP contribution in [0.2, 0.25) is 0 Å². The molecule has 1 N–H and O–H groups in total. The number of rotatable bonds is 3. The van der Waals surface area contributed by atoms with Gasteiger partial charge < -0.3 is 10.2 Å². The molecule has 26 heavy (non-hydrogen) atoms. The van der Waals surface area contributed by atoms with Crippen LogP contribution in [-0.2, 0) is 11.8 Å². The van der Waals surface area contributed by atoms with Crippen LogP contribution in [0.1, 0.15) is 41.5 Å². The maximum absolute atomic E-state index is 13.3. The lowest BCUT2D eigenvalue weighted by atomic mass is 9.89. The highest BCUT2D eigenvalue weighted by Gasteiger charge is 2.40. The van der Waals surface area contributed by atoms with Gasteiger partial charge in [-0.25, -0.2) is 0 Å². The topological polar surface area (TPSA) is 50.2 Å². The zero-order valence-corrected chi connectivity index (χ0v) is 16.2. The third-order valence-corrected chi connectivity index (χ3v) is 5.68. The minimum absolute atomic E-state index is 0. The van der Waals surface area contributed by atoms with E-state index in [0.29, 0.717) is 5.91 Å². The molecule has 1 aromatic heterocycles. The Hall–Kier alpha value is -1.85. The molecule has 2 aliphatic heterocycles. The lowest BCUT2D eigenvalue weighted by Gasteiger charge is -2.29. The number of hydrogen-bond donors (Lipinski definition) is 1. The Bertz CT molecular complexity index is 757. The van der Waals surface area contributed by atoms with E-state index in [-0.39, 0.29) is 30.3 Å². The molecular formula is C20H27ClN4O. The van der Waals surface area contributed by atoms with Gasteiger partial charge in [-0.2, -0.15) is 5.10 Å². The fourth-order valence-corrected chi connectivity index (χ4v) is 4.30. The fourth-order valence-electron chi connectivity index (χ4n) is 4.30. The molecule has 0 spiro atoms. The summed E-state index contributed by atoms with van der Waals surface area (Å²) < 4.78 is 1.82. The largest absolute Gasteiger partial charge is 0.335 e. The normalized spacial score (nSPS) is 25.3. The number of carbonyl (C=O) groups excluding carboxylic acids is 1. The van der Waals surface area contributed by atoms with Crippen LogP contribution in [0.15, 0.2) is 36.7 Å². The second kappa shape index (κ2) is 7.80. The Morgan fingerprint density at radius 3 is 2.65 bits per heavy atom. The summed E-state index contributed by atoms with van der Waals surface area (Å²) in [5, 5.41) is 7.70. The first-order valence-electron chi connectivity index (χ1n) is 9.20. The summed E-state index contributed by atoms with van der Waals surface area (Å²) in [5.74, 6) is 0.526. The van der Waals surface area contributed by atoms with Crippen LogP contribution >= 0.6 is 12.4 Å². The molecule has 0 radical (unpaired) electrons. The van der Waals surface area contributed by atoms with Gasteiger partial charge in [0.15, 0.2) is 0 Å². The first-order valence-corrected chi connectivity index (χ1v) is 9.20. The van der Waals surface area contributed by atoms with Gasteiger partial charge in [-0.1, -0.05) is 29.8 Å². The Morgan fingerprint density at radius 1 is 1.19 bits per heavy atom. The maximum Gasteiger partial charge on any atom is 0.228 e. The van der Waals surface area contributed by atoms with Crippen LogP contribution in [0.4, 0.5) is 0 Å². The summed E-state index contributed by atoms with van der Waals surface area (Å²) >= 11 is 0. The lowest BCUT2D eigenvalue weighted by molar-refractivity contribution is -0.136. The van der Waals surface area contributed by atoms with Crippen LogP contribution in [0.5, 0.6) is 0 Å². The zero-order valence-electron chi connectivity index (χ0n) is 15.4. The van der Waals surface area contributed by atoms with E-state index in [2.05, 4.69) is 46.5 Å². The van der Waals surface area contributed by atoms with Gasteiger partial charge in [-0.3, -0.25) is 9.48 Å². The summed E-state index contributed by atoms with van der Waals surface area (Å²) in [6, 6.07) is 8.87. The van der Waals surface area contributed by atoms with Crippen LogP contribution < -0.4 is 5.32 Å². The zero-order chi connectivity index (χ0) is 17.4. The quantitative estimate of drug-likeness (QED) is 0.898. The summed E-state index contributed by atoms with van der Waals surface area (Å²) in [7, 11) is 1.93. The standard InChI is InChI=1S/C20H26N4O.ClH/c1-14-5-7-15(8-6-14)19-4-3-9-24(19)20(25)18-12-21-11-17(18)16-10-22-23(2)13-16;/h5-8,10,13,17-19,21H,3-4,9,11-12H2,1-2H3;1H/t17-,18+,19?;/m1./s1. The van der Waals surface area contributed by atoms with Gasteiger partial charge in [0.25, 0.3) is 0 Å².